The van der Waals surface area contributed by atoms with Gasteiger partial charge in [0.15, 0.2) is 16.6 Å². The fourth-order valence-corrected chi connectivity index (χ4v) is 20.4. The fourth-order valence-electron chi connectivity index (χ4n) is 7.46. The Labute approximate surface area is 258 Å². The molecular formula is C35H61O2PSi3. The predicted octanol–water partition coefficient (Wildman–Crippen LogP) is 10.6. The predicted molar refractivity (Wildman–Crippen MR) is 193 cm³/mol. The zero-order valence-electron chi connectivity index (χ0n) is 27.8. The quantitative estimate of drug-likeness (QED) is 0.192. The molecule has 1 aliphatic rings. The van der Waals surface area contributed by atoms with Gasteiger partial charge in [0.25, 0.3) is 0 Å². The third-order valence-corrected chi connectivity index (χ3v) is 23.1. The first-order valence-electron chi connectivity index (χ1n) is 16.7. The molecular weight excluding hydrogens is 568 g/mol. The van der Waals surface area contributed by atoms with E-state index in [0.717, 1.165) is 19.3 Å². The van der Waals surface area contributed by atoms with Crippen LogP contribution in [-0.2, 0) is 8.85 Å². The van der Waals surface area contributed by atoms with Gasteiger partial charge in [0.05, 0.1) is 19.8 Å². The Balaban J connectivity index is 1.79. The second-order valence-corrected chi connectivity index (χ2v) is 30.2. The van der Waals surface area contributed by atoms with Crippen molar-refractivity contribution in [1.82, 2.24) is 0 Å². The molecule has 41 heavy (non-hydrogen) atoms. The Kier molecular flexibility index (Phi) is 13.6. The Morgan fingerprint density at radius 3 is 1.80 bits per heavy atom. The molecule has 0 spiro atoms. The van der Waals surface area contributed by atoms with Crippen LogP contribution in [0.3, 0.4) is 0 Å². The lowest BCUT2D eigenvalue weighted by Gasteiger charge is -2.45. The highest BCUT2D eigenvalue weighted by molar-refractivity contribution is 7.73. The smallest absolute Gasteiger partial charge is 0.187 e. The van der Waals surface area contributed by atoms with Crippen LogP contribution in [0.4, 0.5) is 0 Å². The van der Waals surface area contributed by atoms with Crippen molar-refractivity contribution in [2.45, 2.75) is 140 Å². The summed E-state index contributed by atoms with van der Waals surface area (Å²) in [5.41, 5.74) is -0.150. The van der Waals surface area contributed by atoms with Gasteiger partial charge < -0.3 is 8.85 Å². The fraction of sp³-hybridized carbons (Fsp3) is 0.657. The Morgan fingerprint density at radius 1 is 0.780 bits per heavy atom. The van der Waals surface area contributed by atoms with Crippen molar-refractivity contribution in [2.24, 2.45) is 0 Å². The van der Waals surface area contributed by atoms with Gasteiger partial charge in [-0.3, -0.25) is 0 Å². The maximum absolute atomic E-state index is 7.24. The second kappa shape index (κ2) is 16.0. The molecule has 0 amide bonds. The molecule has 1 aliphatic heterocycles. The molecule has 1 fully saturated rings. The third-order valence-electron chi connectivity index (χ3n) is 9.72. The van der Waals surface area contributed by atoms with Gasteiger partial charge in [0, 0.05) is 0 Å². The Hall–Kier alpha value is -0.559. The van der Waals surface area contributed by atoms with Crippen molar-refractivity contribution in [1.29, 1.82) is 0 Å². The molecule has 0 aliphatic carbocycles. The van der Waals surface area contributed by atoms with Crippen molar-refractivity contribution in [2.75, 3.05) is 6.16 Å². The van der Waals surface area contributed by atoms with Gasteiger partial charge in [0.1, 0.15) is 0 Å². The molecule has 2 nitrogen and oxygen atoms in total. The zero-order chi connectivity index (χ0) is 30.0. The summed E-state index contributed by atoms with van der Waals surface area (Å²) in [7, 11) is -5.26. The van der Waals surface area contributed by atoms with Crippen molar-refractivity contribution in [3.05, 3.63) is 60.7 Å². The molecule has 0 aromatic heterocycles. The van der Waals surface area contributed by atoms with Gasteiger partial charge in [-0.15, -0.1) is 0 Å². The van der Waals surface area contributed by atoms with Gasteiger partial charge in [-0.05, 0) is 82.7 Å². The summed E-state index contributed by atoms with van der Waals surface area (Å²) in [6, 6.07) is 31.1. The van der Waals surface area contributed by atoms with Crippen LogP contribution in [-0.4, -0.2) is 42.6 Å². The summed E-state index contributed by atoms with van der Waals surface area (Å²) in [4.78, 5) is 0. The van der Waals surface area contributed by atoms with E-state index in [1.807, 2.05) is 0 Å². The molecule has 0 bridgehead atoms. The molecule has 2 aromatic carbocycles. The number of benzene rings is 2. The van der Waals surface area contributed by atoms with E-state index in [2.05, 4.69) is 115 Å². The van der Waals surface area contributed by atoms with E-state index in [-0.39, 0.29) is 19.6 Å². The van der Waals surface area contributed by atoms with Gasteiger partial charge in [-0.2, -0.15) is 0 Å². The van der Waals surface area contributed by atoms with Crippen molar-refractivity contribution in [3.63, 3.8) is 0 Å². The van der Waals surface area contributed by atoms with Gasteiger partial charge in [-0.25, -0.2) is 0 Å². The summed E-state index contributed by atoms with van der Waals surface area (Å²) in [6.45, 7) is 19.5. The lowest BCUT2D eigenvalue weighted by molar-refractivity contribution is -0.0465. The molecule has 6 heteroatoms. The molecule has 0 N–H and O–H groups in total. The van der Waals surface area contributed by atoms with E-state index in [1.54, 1.807) is 0 Å². The molecule has 3 rings (SSSR count). The van der Waals surface area contributed by atoms with Crippen molar-refractivity contribution < 1.29 is 8.85 Å². The highest BCUT2D eigenvalue weighted by atomic mass is 31.1. The van der Waals surface area contributed by atoms with E-state index in [4.69, 9.17) is 8.85 Å². The lowest BCUT2D eigenvalue weighted by Crippen LogP contribution is -2.53. The van der Waals surface area contributed by atoms with Crippen molar-refractivity contribution in [3.8, 4) is 0 Å². The van der Waals surface area contributed by atoms with E-state index in [1.165, 1.54) is 72.3 Å². The zero-order valence-corrected chi connectivity index (χ0v) is 31.7. The van der Waals surface area contributed by atoms with Crippen LogP contribution in [0.5, 0.6) is 0 Å². The summed E-state index contributed by atoms with van der Waals surface area (Å²) >= 11 is 0. The Morgan fingerprint density at radius 2 is 1.32 bits per heavy atom. The summed E-state index contributed by atoms with van der Waals surface area (Å²) in [6.07, 6.45) is 8.96. The minimum atomic E-state index is -1.81. The molecule has 230 valence electrons. The van der Waals surface area contributed by atoms with Gasteiger partial charge >= 0.3 is 0 Å². The maximum atomic E-state index is 7.24. The van der Waals surface area contributed by atoms with Crippen LogP contribution in [0.2, 0.25) is 62.5 Å². The molecule has 2 aromatic rings. The normalized spacial score (nSPS) is 27.5. The van der Waals surface area contributed by atoms with E-state index in [9.17, 15) is 0 Å². The second-order valence-electron chi connectivity index (χ2n) is 14.2. The van der Waals surface area contributed by atoms with Gasteiger partial charge in [0.2, 0.25) is 0 Å². The first-order chi connectivity index (χ1) is 19.5. The average Bonchev–Trinajstić information content (AvgIpc) is 2.94. The molecule has 1 saturated heterocycles. The van der Waals surface area contributed by atoms with Crippen LogP contribution in [0.1, 0.15) is 66.2 Å². The third kappa shape index (κ3) is 10.5. The molecule has 3 atom stereocenters. The maximum Gasteiger partial charge on any atom is 0.187 e. The monoisotopic (exact) mass is 628 g/mol. The lowest BCUT2D eigenvalue weighted by atomic mass is 9.92. The SMILES string of the molecule is CCCC1(C)O[Si](C)(C)CCC[Si](CC)(CCCP(c2ccccc2)c2ccccc2)CCC[Si](C)(C)OC1CC. The summed E-state index contributed by atoms with van der Waals surface area (Å²) < 4.78 is 14.4. The highest BCUT2D eigenvalue weighted by Gasteiger charge is 2.43. The number of rotatable bonds is 10. The summed E-state index contributed by atoms with van der Waals surface area (Å²) in [5.74, 6) is 0. The molecule has 0 saturated carbocycles. The molecule has 3 unspecified atom stereocenters. The van der Waals surface area contributed by atoms with Crippen LogP contribution >= 0.6 is 7.92 Å². The van der Waals surface area contributed by atoms with Gasteiger partial charge in [-0.1, -0.05) is 131 Å². The first kappa shape index (κ1) is 34.9. The van der Waals surface area contributed by atoms with Crippen LogP contribution in [0, 0.1) is 0 Å². The van der Waals surface area contributed by atoms with Crippen LogP contribution < -0.4 is 10.6 Å². The topological polar surface area (TPSA) is 18.5 Å². The largest absolute Gasteiger partial charge is 0.412 e. The minimum absolute atomic E-state index is 0.150. The minimum Gasteiger partial charge on any atom is -0.412 e. The first-order valence-corrected chi connectivity index (χ1v) is 27.3. The van der Waals surface area contributed by atoms with E-state index >= 15 is 0 Å². The molecule has 1 heterocycles. The average molecular weight is 629 g/mol. The van der Waals surface area contributed by atoms with Crippen LogP contribution in [0.15, 0.2) is 60.7 Å². The highest BCUT2D eigenvalue weighted by Crippen LogP contribution is 2.41. The Bertz CT molecular complexity index is 979. The van der Waals surface area contributed by atoms with E-state index in [0.29, 0.717) is 0 Å². The standard InChI is InChI=1S/C35H61O2PSi3/c1-9-25-35(4)34(10-2)36-39(5,6)27-19-30-41(11-3,31-20-28-40(7,8)37-35)29-18-26-38(32-21-14-12-15-22-32)33-23-16-13-17-24-33/h12-17,21-24,34H,9-11,18-20,25-31H2,1-8H3. The van der Waals surface area contributed by atoms with Crippen LogP contribution in [0.25, 0.3) is 0 Å². The summed E-state index contributed by atoms with van der Waals surface area (Å²) in [5, 5.41) is 3.07. The number of hydrogen-bond acceptors (Lipinski definition) is 2. The van der Waals surface area contributed by atoms with E-state index < -0.39 is 24.7 Å². The number of hydrogen-bond donors (Lipinski definition) is 0. The van der Waals surface area contributed by atoms with Crippen molar-refractivity contribution >= 4 is 43.2 Å². The molecule has 0 radical (unpaired) electrons.